The minimum absolute atomic E-state index is 0.520. The zero-order valence-corrected chi connectivity index (χ0v) is 10.9. The first kappa shape index (κ1) is 12.4. The van der Waals surface area contributed by atoms with Crippen molar-refractivity contribution in [3.05, 3.63) is 0 Å². The molecular weight excluding hydrogens is 210 g/mol. The first-order valence-corrected chi connectivity index (χ1v) is 7.75. The largest absolute Gasteiger partial charge is 0.268 e. The van der Waals surface area contributed by atoms with Gasteiger partial charge in [-0.25, -0.2) is 0 Å². The van der Waals surface area contributed by atoms with E-state index in [0.717, 1.165) is 6.42 Å². The van der Waals surface area contributed by atoms with Crippen molar-refractivity contribution in [1.82, 2.24) is 0 Å². The molecule has 0 saturated heterocycles. The molecule has 0 aromatic heterocycles. The minimum Gasteiger partial charge on any atom is -0.268 e. The maximum absolute atomic E-state index is 4.67. The Kier molecular flexibility index (Phi) is 6.78. The Hall–Kier alpha value is 0.370. The summed E-state index contributed by atoms with van der Waals surface area (Å²) in [5, 5.41) is 0. The minimum atomic E-state index is 0.520. The molecular formula is C11H21NS2. The molecule has 1 heterocycles. The van der Waals surface area contributed by atoms with E-state index >= 15 is 0 Å². The van der Waals surface area contributed by atoms with Gasteiger partial charge in [0, 0.05) is 11.5 Å². The molecule has 0 aliphatic carbocycles. The number of unbranched alkanes of at least 4 members (excludes halogenated alkanes) is 3. The van der Waals surface area contributed by atoms with Crippen LogP contribution in [0.3, 0.4) is 0 Å². The van der Waals surface area contributed by atoms with Gasteiger partial charge < -0.3 is 0 Å². The second kappa shape index (κ2) is 7.63. The lowest BCUT2D eigenvalue weighted by molar-refractivity contribution is 0.706. The first-order chi connectivity index (χ1) is 6.86. The lowest BCUT2D eigenvalue weighted by Crippen LogP contribution is -1.92. The number of rotatable bonds is 7. The Bertz CT molecular complexity index is 180. The van der Waals surface area contributed by atoms with Crippen molar-refractivity contribution in [2.45, 2.75) is 50.7 Å². The van der Waals surface area contributed by atoms with E-state index in [9.17, 15) is 0 Å². The van der Waals surface area contributed by atoms with Gasteiger partial charge in [-0.3, -0.25) is 4.99 Å². The number of hydrogen-bond donors (Lipinski definition) is 0. The van der Waals surface area contributed by atoms with Gasteiger partial charge in [0.05, 0.1) is 0 Å². The first-order valence-electron chi connectivity index (χ1n) is 5.65. The van der Waals surface area contributed by atoms with Crippen LogP contribution in [-0.2, 0) is 0 Å². The molecule has 3 heteroatoms. The van der Waals surface area contributed by atoms with Gasteiger partial charge in [0.1, 0.15) is 4.71 Å². The van der Waals surface area contributed by atoms with Crippen molar-refractivity contribution in [3.8, 4) is 0 Å². The predicted octanol–water partition coefficient (Wildman–Crippen LogP) is 4.18. The van der Waals surface area contributed by atoms with Crippen molar-refractivity contribution in [1.29, 1.82) is 0 Å². The fourth-order valence-corrected chi connectivity index (χ4v) is 3.89. The Morgan fingerprint density at radius 2 is 2.21 bits per heavy atom. The molecule has 0 aromatic rings. The normalized spacial score (nSPS) is 21.3. The van der Waals surface area contributed by atoms with E-state index in [1.54, 1.807) is 0 Å². The summed E-state index contributed by atoms with van der Waals surface area (Å²) in [5.74, 6) is 2.46. The van der Waals surface area contributed by atoms with Crippen LogP contribution in [0.5, 0.6) is 0 Å². The molecule has 82 valence electrons. The van der Waals surface area contributed by atoms with Gasteiger partial charge in [0.15, 0.2) is 0 Å². The summed E-state index contributed by atoms with van der Waals surface area (Å²) in [7, 11) is 0. The predicted molar refractivity (Wildman–Crippen MR) is 70.6 cm³/mol. The molecule has 0 spiro atoms. The molecule has 1 aliphatic rings. The summed E-state index contributed by atoms with van der Waals surface area (Å²) in [5.41, 5.74) is 1.40. The van der Waals surface area contributed by atoms with Crippen LogP contribution < -0.4 is 0 Å². The highest BCUT2D eigenvalue weighted by atomic mass is 32.2. The van der Waals surface area contributed by atoms with E-state index in [1.165, 1.54) is 42.9 Å². The number of aliphatic imine (C=N–C) groups is 1. The highest BCUT2D eigenvalue weighted by Gasteiger charge is 2.16. The molecule has 14 heavy (non-hydrogen) atoms. The van der Waals surface area contributed by atoms with Crippen LogP contribution in [-0.4, -0.2) is 21.9 Å². The van der Waals surface area contributed by atoms with E-state index in [0.29, 0.717) is 4.71 Å². The van der Waals surface area contributed by atoms with Crippen LogP contribution >= 0.6 is 23.5 Å². The van der Waals surface area contributed by atoms with Gasteiger partial charge in [-0.05, 0) is 18.6 Å². The maximum Gasteiger partial charge on any atom is 0.141 e. The number of thioether (sulfide) groups is 2. The van der Waals surface area contributed by atoms with Crippen LogP contribution in [0.25, 0.3) is 0 Å². The van der Waals surface area contributed by atoms with Gasteiger partial charge in [-0.15, -0.1) is 23.5 Å². The maximum atomic E-state index is 4.67. The van der Waals surface area contributed by atoms with Crippen molar-refractivity contribution in [2.24, 2.45) is 4.99 Å². The average molecular weight is 231 g/mol. The zero-order valence-electron chi connectivity index (χ0n) is 9.29. The lowest BCUT2D eigenvalue weighted by atomic mass is 10.2. The van der Waals surface area contributed by atoms with Crippen molar-refractivity contribution >= 4 is 29.2 Å². The number of hydrogen-bond acceptors (Lipinski definition) is 3. The SMILES string of the molecule is CCCCCCSC1N=C(CC)CS1. The second-order valence-electron chi connectivity index (χ2n) is 3.60. The van der Waals surface area contributed by atoms with Crippen LogP contribution in [0, 0.1) is 0 Å². The molecule has 1 rings (SSSR count). The summed E-state index contributed by atoms with van der Waals surface area (Å²) < 4.78 is 0.520. The third-order valence-corrected chi connectivity index (χ3v) is 4.97. The van der Waals surface area contributed by atoms with E-state index in [2.05, 4.69) is 18.8 Å². The lowest BCUT2D eigenvalue weighted by Gasteiger charge is -2.04. The topological polar surface area (TPSA) is 12.4 Å². The van der Waals surface area contributed by atoms with Crippen molar-refractivity contribution in [2.75, 3.05) is 11.5 Å². The van der Waals surface area contributed by atoms with Gasteiger partial charge in [0.25, 0.3) is 0 Å². The molecule has 1 atom stereocenters. The molecule has 0 saturated carbocycles. The molecule has 0 aromatic carbocycles. The van der Waals surface area contributed by atoms with Crippen LogP contribution in [0.4, 0.5) is 0 Å². The Morgan fingerprint density at radius 1 is 1.36 bits per heavy atom. The smallest absolute Gasteiger partial charge is 0.141 e. The van der Waals surface area contributed by atoms with Crippen molar-refractivity contribution < 1.29 is 0 Å². The highest BCUT2D eigenvalue weighted by Crippen LogP contribution is 2.31. The molecule has 0 N–H and O–H groups in total. The Balaban J connectivity index is 2.00. The molecule has 0 fully saturated rings. The standard InChI is InChI=1S/C11H21NS2/c1-3-5-6-7-8-13-11-12-10(4-2)9-14-11/h11H,3-9H2,1-2H3. The molecule has 0 radical (unpaired) electrons. The summed E-state index contributed by atoms with van der Waals surface area (Å²) >= 11 is 4.03. The molecule has 1 nitrogen and oxygen atoms in total. The fraction of sp³-hybridized carbons (Fsp3) is 0.909. The van der Waals surface area contributed by atoms with Crippen molar-refractivity contribution in [3.63, 3.8) is 0 Å². The molecule has 1 aliphatic heterocycles. The molecule has 0 bridgehead atoms. The fourth-order valence-electron chi connectivity index (χ4n) is 1.38. The summed E-state index contributed by atoms with van der Waals surface area (Å²) in [6.45, 7) is 4.46. The third kappa shape index (κ3) is 4.74. The monoisotopic (exact) mass is 231 g/mol. The Morgan fingerprint density at radius 3 is 2.86 bits per heavy atom. The van der Waals surface area contributed by atoms with Gasteiger partial charge in [-0.1, -0.05) is 33.1 Å². The average Bonchev–Trinajstić information content (AvgIpc) is 2.65. The van der Waals surface area contributed by atoms with E-state index < -0.39 is 0 Å². The zero-order chi connectivity index (χ0) is 10.2. The third-order valence-electron chi connectivity index (χ3n) is 2.35. The summed E-state index contributed by atoms with van der Waals surface area (Å²) in [6, 6.07) is 0. The number of nitrogens with zero attached hydrogens (tertiary/aromatic N) is 1. The summed E-state index contributed by atoms with van der Waals surface area (Å²) in [4.78, 5) is 4.67. The summed E-state index contributed by atoms with van der Waals surface area (Å²) in [6.07, 6.45) is 6.63. The van der Waals surface area contributed by atoms with Gasteiger partial charge in [0.2, 0.25) is 0 Å². The van der Waals surface area contributed by atoms with Gasteiger partial charge >= 0.3 is 0 Å². The molecule has 1 unspecified atom stereocenters. The van der Waals surface area contributed by atoms with Gasteiger partial charge in [-0.2, -0.15) is 0 Å². The van der Waals surface area contributed by atoms with E-state index in [-0.39, 0.29) is 0 Å². The highest BCUT2D eigenvalue weighted by molar-refractivity contribution is 8.17. The van der Waals surface area contributed by atoms with Crippen LogP contribution in [0.15, 0.2) is 4.99 Å². The van der Waals surface area contributed by atoms with E-state index in [4.69, 9.17) is 0 Å². The van der Waals surface area contributed by atoms with Crippen LogP contribution in [0.2, 0.25) is 0 Å². The Labute approximate surface area is 96.5 Å². The quantitative estimate of drug-likeness (QED) is 0.609. The second-order valence-corrected chi connectivity index (χ2v) is 6.15. The molecule has 0 amide bonds. The van der Waals surface area contributed by atoms with E-state index in [1.807, 2.05) is 23.5 Å². The van der Waals surface area contributed by atoms with Crippen LogP contribution in [0.1, 0.15) is 46.0 Å².